The fourth-order valence-electron chi connectivity index (χ4n) is 3.62. The van der Waals surface area contributed by atoms with Gasteiger partial charge < -0.3 is 13.9 Å². The number of ether oxygens (including phenoxy) is 2. The third-order valence-electron chi connectivity index (χ3n) is 4.85. The minimum absolute atomic E-state index is 0.234. The van der Waals surface area contributed by atoms with Crippen molar-refractivity contribution in [2.24, 2.45) is 0 Å². The summed E-state index contributed by atoms with van der Waals surface area (Å²) in [6.07, 6.45) is 3.42. The van der Waals surface area contributed by atoms with Crippen LogP contribution in [0.2, 0.25) is 0 Å². The lowest BCUT2D eigenvalue weighted by Gasteiger charge is -2.02. The first kappa shape index (κ1) is 16.3. The predicted octanol–water partition coefficient (Wildman–Crippen LogP) is 4.42. The van der Waals surface area contributed by atoms with Gasteiger partial charge in [-0.2, -0.15) is 0 Å². The van der Waals surface area contributed by atoms with Crippen molar-refractivity contribution in [3.63, 3.8) is 0 Å². The van der Waals surface area contributed by atoms with Crippen molar-refractivity contribution < 1.29 is 13.9 Å². The van der Waals surface area contributed by atoms with Crippen molar-refractivity contribution in [1.82, 2.24) is 20.2 Å². The van der Waals surface area contributed by atoms with E-state index in [1.54, 1.807) is 11.3 Å². The quantitative estimate of drug-likeness (QED) is 0.459. The second kappa shape index (κ2) is 6.18. The lowest BCUT2D eigenvalue weighted by Crippen LogP contribution is -1.92. The number of aryl methyl sites for hydroxylation is 3. The van der Waals surface area contributed by atoms with Gasteiger partial charge in [-0.15, -0.1) is 21.5 Å². The third-order valence-corrected chi connectivity index (χ3v) is 6.87. The normalized spacial score (nSPS) is 14.8. The molecule has 9 heteroatoms. The standard InChI is InChI=1S/C19H14N4O3S2/c1-9-20-17-15(11-3-2-4-14(11)27-17)18(21-9)28-19-23-22-16(26-19)10-5-6-12-13(7-10)25-8-24-12/h5-7H,2-4,8H2,1H3. The molecule has 4 aromatic rings. The maximum absolute atomic E-state index is 5.91. The summed E-state index contributed by atoms with van der Waals surface area (Å²) >= 11 is 3.18. The molecule has 1 aromatic carbocycles. The molecule has 0 radical (unpaired) electrons. The van der Waals surface area contributed by atoms with E-state index >= 15 is 0 Å². The highest BCUT2D eigenvalue weighted by Crippen LogP contribution is 2.42. The molecule has 4 heterocycles. The molecule has 0 saturated carbocycles. The Kier molecular flexibility index (Phi) is 3.60. The molecule has 0 unspecified atom stereocenters. The molecule has 0 atom stereocenters. The summed E-state index contributed by atoms with van der Waals surface area (Å²) in [5.74, 6) is 2.61. The van der Waals surface area contributed by atoms with E-state index in [9.17, 15) is 0 Å². The Hall–Kier alpha value is -2.65. The summed E-state index contributed by atoms with van der Waals surface area (Å²) in [6.45, 7) is 2.15. The molecule has 140 valence electrons. The molecule has 7 nitrogen and oxygen atoms in total. The van der Waals surface area contributed by atoms with Crippen LogP contribution < -0.4 is 9.47 Å². The van der Waals surface area contributed by atoms with E-state index in [2.05, 4.69) is 20.2 Å². The topological polar surface area (TPSA) is 83.2 Å². The average molecular weight is 410 g/mol. The molecule has 0 bridgehead atoms. The van der Waals surface area contributed by atoms with E-state index in [-0.39, 0.29) is 6.79 Å². The number of hydrogen-bond acceptors (Lipinski definition) is 9. The Balaban J connectivity index is 1.37. The minimum atomic E-state index is 0.234. The maximum Gasteiger partial charge on any atom is 0.283 e. The average Bonchev–Trinajstić information content (AvgIpc) is 3.44. The number of thiophene rings is 1. The zero-order valence-corrected chi connectivity index (χ0v) is 16.5. The summed E-state index contributed by atoms with van der Waals surface area (Å²) in [4.78, 5) is 11.8. The van der Waals surface area contributed by atoms with Gasteiger partial charge in [0.2, 0.25) is 12.7 Å². The van der Waals surface area contributed by atoms with Gasteiger partial charge in [0.1, 0.15) is 15.7 Å². The molecular weight excluding hydrogens is 396 g/mol. The number of aromatic nitrogens is 4. The van der Waals surface area contributed by atoms with Gasteiger partial charge in [0, 0.05) is 15.8 Å². The molecule has 1 aliphatic heterocycles. The van der Waals surface area contributed by atoms with Crippen molar-refractivity contribution in [2.75, 3.05) is 6.79 Å². The molecule has 0 saturated heterocycles. The monoisotopic (exact) mass is 410 g/mol. The number of fused-ring (bicyclic) bond motifs is 4. The van der Waals surface area contributed by atoms with E-state index in [1.165, 1.54) is 28.6 Å². The maximum atomic E-state index is 5.91. The van der Waals surface area contributed by atoms with Crippen molar-refractivity contribution in [3.05, 3.63) is 34.5 Å². The van der Waals surface area contributed by atoms with E-state index in [4.69, 9.17) is 13.9 Å². The SMILES string of the molecule is Cc1nc(Sc2nnc(-c3ccc4c(c3)OCO4)o2)c2c3c(sc2n1)CCC3. The van der Waals surface area contributed by atoms with Crippen LogP contribution in [0.25, 0.3) is 21.7 Å². The van der Waals surface area contributed by atoms with E-state index in [1.807, 2.05) is 25.1 Å². The van der Waals surface area contributed by atoms with Crippen molar-refractivity contribution >= 4 is 33.3 Å². The van der Waals surface area contributed by atoms with Crippen LogP contribution in [0.1, 0.15) is 22.7 Å². The van der Waals surface area contributed by atoms with Crippen LogP contribution in [-0.2, 0) is 12.8 Å². The lowest BCUT2D eigenvalue weighted by atomic mass is 10.2. The van der Waals surface area contributed by atoms with Gasteiger partial charge in [0.25, 0.3) is 5.22 Å². The van der Waals surface area contributed by atoms with Gasteiger partial charge in [-0.25, -0.2) is 9.97 Å². The largest absolute Gasteiger partial charge is 0.454 e. The molecule has 28 heavy (non-hydrogen) atoms. The minimum Gasteiger partial charge on any atom is -0.454 e. The van der Waals surface area contributed by atoms with Gasteiger partial charge in [-0.1, -0.05) is 0 Å². The van der Waals surface area contributed by atoms with Crippen LogP contribution in [0.3, 0.4) is 0 Å². The van der Waals surface area contributed by atoms with Crippen LogP contribution in [-0.4, -0.2) is 27.0 Å². The number of nitrogens with zero attached hydrogens (tertiary/aromatic N) is 4. The Bertz CT molecular complexity index is 1230. The van der Waals surface area contributed by atoms with Gasteiger partial charge in [-0.3, -0.25) is 0 Å². The fourth-order valence-corrected chi connectivity index (χ4v) is 5.86. The van der Waals surface area contributed by atoms with Crippen molar-refractivity contribution in [1.29, 1.82) is 0 Å². The van der Waals surface area contributed by atoms with Gasteiger partial charge in [-0.05, 0) is 61.7 Å². The summed E-state index contributed by atoms with van der Waals surface area (Å²) in [5, 5.41) is 10.9. The molecule has 2 aliphatic rings. The molecule has 1 aliphatic carbocycles. The smallest absolute Gasteiger partial charge is 0.283 e. The fraction of sp³-hybridized carbons (Fsp3) is 0.263. The zero-order chi connectivity index (χ0) is 18.7. The number of benzene rings is 1. The van der Waals surface area contributed by atoms with Crippen LogP contribution >= 0.6 is 23.1 Å². The summed E-state index contributed by atoms with van der Waals surface area (Å²) in [7, 11) is 0. The molecule has 3 aromatic heterocycles. The van der Waals surface area contributed by atoms with Crippen LogP contribution in [0.15, 0.2) is 32.9 Å². The summed E-state index contributed by atoms with van der Waals surface area (Å²) in [5.41, 5.74) is 2.18. The highest BCUT2D eigenvalue weighted by molar-refractivity contribution is 7.99. The van der Waals surface area contributed by atoms with Gasteiger partial charge in [0.15, 0.2) is 11.5 Å². The van der Waals surface area contributed by atoms with E-state index < -0.39 is 0 Å². The molecular formula is C19H14N4O3S2. The number of hydrogen-bond donors (Lipinski definition) is 0. The Morgan fingerprint density at radius 1 is 1.07 bits per heavy atom. The highest BCUT2D eigenvalue weighted by atomic mass is 32.2. The van der Waals surface area contributed by atoms with E-state index in [0.29, 0.717) is 16.9 Å². The molecule has 0 fully saturated rings. The van der Waals surface area contributed by atoms with Gasteiger partial charge >= 0.3 is 0 Å². The second-order valence-electron chi connectivity index (χ2n) is 6.66. The Labute approximate surface area is 168 Å². The molecule has 0 spiro atoms. The van der Waals surface area contributed by atoms with Crippen LogP contribution in [0.5, 0.6) is 11.5 Å². The first-order valence-corrected chi connectivity index (χ1v) is 10.6. The van der Waals surface area contributed by atoms with E-state index in [0.717, 1.165) is 45.2 Å². The van der Waals surface area contributed by atoms with Crippen molar-refractivity contribution in [2.45, 2.75) is 36.4 Å². The first-order chi connectivity index (χ1) is 13.7. The second-order valence-corrected chi connectivity index (χ2v) is 8.68. The predicted molar refractivity (Wildman–Crippen MR) is 104 cm³/mol. The Morgan fingerprint density at radius 3 is 2.96 bits per heavy atom. The van der Waals surface area contributed by atoms with Crippen molar-refractivity contribution in [3.8, 4) is 23.0 Å². The first-order valence-electron chi connectivity index (χ1n) is 8.95. The van der Waals surface area contributed by atoms with Crippen LogP contribution in [0.4, 0.5) is 0 Å². The molecule has 0 amide bonds. The number of rotatable bonds is 3. The molecule has 0 N–H and O–H groups in total. The molecule has 6 rings (SSSR count). The summed E-state index contributed by atoms with van der Waals surface area (Å²) < 4.78 is 16.7. The van der Waals surface area contributed by atoms with Gasteiger partial charge in [0.05, 0.1) is 0 Å². The van der Waals surface area contributed by atoms with Crippen LogP contribution in [0, 0.1) is 6.92 Å². The summed E-state index contributed by atoms with van der Waals surface area (Å²) in [6, 6.07) is 5.58. The Morgan fingerprint density at radius 2 is 2.00 bits per heavy atom. The lowest BCUT2D eigenvalue weighted by molar-refractivity contribution is 0.174. The zero-order valence-electron chi connectivity index (χ0n) is 14.9. The highest BCUT2D eigenvalue weighted by Gasteiger charge is 2.24. The third kappa shape index (κ3) is 2.57.